The molecule has 0 amide bonds. The van der Waals surface area contributed by atoms with E-state index in [9.17, 15) is 0 Å². The molecule has 0 aromatic carbocycles. The Morgan fingerprint density at radius 1 is 1.53 bits per heavy atom. The molecule has 0 fully saturated rings. The molecule has 0 saturated heterocycles. The van der Waals surface area contributed by atoms with Gasteiger partial charge in [0.25, 0.3) is 0 Å². The lowest BCUT2D eigenvalue weighted by Crippen LogP contribution is -2.31. The summed E-state index contributed by atoms with van der Waals surface area (Å²) in [4.78, 5) is 4.24. The molecule has 0 bridgehead atoms. The van der Waals surface area contributed by atoms with Crippen LogP contribution in [0.3, 0.4) is 0 Å². The molecule has 15 heavy (non-hydrogen) atoms. The van der Waals surface area contributed by atoms with Crippen LogP contribution in [0, 0.1) is 12.8 Å². The van der Waals surface area contributed by atoms with Crippen LogP contribution in [0.15, 0.2) is 12.7 Å². The predicted octanol–water partition coefficient (Wildman–Crippen LogP) is 1.80. The van der Waals surface area contributed by atoms with Crippen LogP contribution in [0.25, 0.3) is 0 Å². The number of allylic oxidation sites excluding steroid dienone is 1. The molecule has 1 aromatic rings. The zero-order valence-electron chi connectivity index (χ0n) is 9.75. The first-order valence-corrected chi connectivity index (χ1v) is 5.35. The van der Waals surface area contributed by atoms with Crippen molar-refractivity contribution in [2.45, 2.75) is 39.8 Å². The number of rotatable bonds is 6. The van der Waals surface area contributed by atoms with Crippen LogP contribution in [0.2, 0.25) is 0 Å². The van der Waals surface area contributed by atoms with E-state index < -0.39 is 0 Å². The standard InChI is InChI=1S/C11H20N4/c1-5-6-8(2)9(3)12-7-11-13-10(4)14-15-11/h5,8-9,12H,1,6-7H2,2-4H3,(H,13,14,15). The summed E-state index contributed by atoms with van der Waals surface area (Å²) in [7, 11) is 0. The Morgan fingerprint density at radius 2 is 2.27 bits per heavy atom. The molecular formula is C11H20N4. The third-order valence-electron chi connectivity index (χ3n) is 2.62. The lowest BCUT2D eigenvalue weighted by molar-refractivity contribution is 0.398. The van der Waals surface area contributed by atoms with E-state index in [4.69, 9.17) is 0 Å². The Labute approximate surface area is 91.2 Å². The minimum Gasteiger partial charge on any atom is -0.307 e. The minimum atomic E-state index is 0.446. The van der Waals surface area contributed by atoms with Crippen LogP contribution in [-0.4, -0.2) is 21.2 Å². The number of nitrogens with one attached hydrogen (secondary N) is 2. The van der Waals surface area contributed by atoms with Gasteiger partial charge in [0.15, 0.2) is 5.82 Å². The Bertz CT molecular complexity index is 305. The van der Waals surface area contributed by atoms with Gasteiger partial charge in [0.1, 0.15) is 5.82 Å². The SMILES string of the molecule is C=CCC(C)C(C)NCc1n[nH]c(C)n1. The third kappa shape index (κ3) is 3.83. The van der Waals surface area contributed by atoms with Gasteiger partial charge in [-0.3, -0.25) is 5.10 Å². The van der Waals surface area contributed by atoms with Crippen LogP contribution in [0.5, 0.6) is 0 Å². The largest absolute Gasteiger partial charge is 0.307 e. The first kappa shape index (κ1) is 11.9. The molecule has 1 rings (SSSR count). The van der Waals surface area contributed by atoms with Crippen molar-refractivity contribution in [2.24, 2.45) is 5.92 Å². The number of aromatic nitrogens is 3. The van der Waals surface area contributed by atoms with E-state index in [1.165, 1.54) is 0 Å². The van der Waals surface area contributed by atoms with E-state index >= 15 is 0 Å². The Balaban J connectivity index is 2.33. The average molecular weight is 208 g/mol. The molecule has 0 aliphatic heterocycles. The molecule has 84 valence electrons. The number of nitrogens with zero attached hydrogens (tertiary/aromatic N) is 2. The maximum absolute atomic E-state index is 4.24. The summed E-state index contributed by atoms with van der Waals surface area (Å²) in [6.07, 6.45) is 2.99. The van der Waals surface area contributed by atoms with Crippen molar-refractivity contribution in [1.82, 2.24) is 20.5 Å². The molecule has 2 atom stereocenters. The average Bonchev–Trinajstić information content (AvgIpc) is 2.61. The van der Waals surface area contributed by atoms with Gasteiger partial charge in [0, 0.05) is 6.04 Å². The molecule has 4 heteroatoms. The van der Waals surface area contributed by atoms with Crippen LogP contribution >= 0.6 is 0 Å². The molecule has 4 nitrogen and oxygen atoms in total. The molecule has 0 radical (unpaired) electrons. The predicted molar refractivity (Wildman–Crippen MR) is 61.4 cm³/mol. The summed E-state index contributed by atoms with van der Waals surface area (Å²) in [6, 6.07) is 0.446. The van der Waals surface area contributed by atoms with Crippen molar-refractivity contribution in [1.29, 1.82) is 0 Å². The zero-order valence-corrected chi connectivity index (χ0v) is 9.75. The number of aromatic amines is 1. The van der Waals surface area contributed by atoms with Crippen molar-refractivity contribution < 1.29 is 0 Å². The van der Waals surface area contributed by atoms with E-state index in [2.05, 4.69) is 40.9 Å². The number of hydrogen-bond donors (Lipinski definition) is 2. The number of aryl methyl sites for hydroxylation is 1. The maximum Gasteiger partial charge on any atom is 0.164 e. The summed E-state index contributed by atoms with van der Waals surface area (Å²) in [6.45, 7) is 10.8. The fourth-order valence-corrected chi connectivity index (χ4v) is 1.39. The molecule has 2 N–H and O–H groups in total. The summed E-state index contributed by atoms with van der Waals surface area (Å²) in [5.74, 6) is 2.27. The van der Waals surface area contributed by atoms with Crippen molar-refractivity contribution >= 4 is 0 Å². The maximum atomic E-state index is 4.24. The van der Waals surface area contributed by atoms with Crippen LogP contribution in [-0.2, 0) is 6.54 Å². The highest BCUT2D eigenvalue weighted by Crippen LogP contribution is 2.08. The van der Waals surface area contributed by atoms with E-state index in [0.717, 1.165) is 18.1 Å². The number of H-pyrrole nitrogens is 1. The van der Waals surface area contributed by atoms with Gasteiger partial charge in [-0.05, 0) is 26.2 Å². The van der Waals surface area contributed by atoms with Gasteiger partial charge in [-0.15, -0.1) is 6.58 Å². The van der Waals surface area contributed by atoms with Crippen molar-refractivity contribution in [3.63, 3.8) is 0 Å². The molecular weight excluding hydrogens is 188 g/mol. The quantitative estimate of drug-likeness (QED) is 0.701. The second-order valence-electron chi connectivity index (χ2n) is 4.01. The van der Waals surface area contributed by atoms with Crippen molar-refractivity contribution in [3.8, 4) is 0 Å². The molecule has 1 heterocycles. The van der Waals surface area contributed by atoms with E-state index in [1.54, 1.807) is 0 Å². The van der Waals surface area contributed by atoms with Gasteiger partial charge in [-0.2, -0.15) is 5.10 Å². The second kappa shape index (κ2) is 5.66. The Hall–Kier alpha value is -1.16. The van der Waals surface area contributed by atoms with Gasteiger partial charge in [0.2, 0.25) is 0 Å². The van der Waals surface area contributed by atoms with Crippen LogP contribution in [0.1, 0.15) is 31.9 Å². The molecule has 2 unspecified atom stereocenters. The normalized spacial score (nSPS) is 14.9. The summed E-state index contributed by atoms with van der Waals surface area (Å²) < 4.78 is 0. The second-order valence-corrected chi connectivity index (χ2v) is 4.01. The Morgan fingerprint density at radius 3 is 2.80 bits per heavy atom. The topological polar surface area (TPSA) is 53.6 Å². The van der Waals surface area contributed by atoms with Gasteiger partial charge < -0.3 is 5.32 Å². The molecule has 1 aromatic heterocycles. The van der Waals surface area contributed by atoms with Gasteiger partial charge in [0.05, 0.1) is 6.54 Å². The van der Waals surface area contributed by atoms with Crippen molar-refractivity contribution in [2.75, 3.05) is 0 Å². The first-order valence-electron chi connectivity index (χ1n) is 5.35. The fourth-order valence-electron chi connectivity index (χ4n) is 1.39. The first-order chi connectivity index (χ1) is 7.13. The summed E-state index contributed by atoms with van der Waals surface area (Å²) in [5, 5.41) is 10.3. The van der Waals surface area contributed by atoms with E-state index in [-0.39, 0.29) is 0 Å². The highest BCUT2D eigenvalue weighted by atomic mass is 15.2. The molecule has 0 aliphatic rings. The van der Waals surface area contributed by atoms with Crippen LogP contribution < -0.4 is 5.32 Å². The third-order valence-corrected chi connectivity index (χ3v) is 2.62. The highest BCUT2D eigenvalue weighted by Gasteiger charge is 2.10. The molecule has 0 aliphatic carbocycles. The van der Waals surface area contributed by atoms with Gasteiger partial charge in [-0.1, -0.05) is 13.0 Å². The highest BCUT2D eigenvalue weighted by molar-refractivity contribution is 4.88. The van der Waals surface area contributed by atoms with Crippen molar-refractivity contribution in [3.05, 3.63) is 24.3 Å². The van der Waals surface area contributed by atoms with Gasteiger partial charge in [-0.25, -0.2) is 4.98 Å². The molecule has 0 saturated carbocycles. The minimum absolute atomic E-state index is 0.446. The monoisotopic (exact) mass is 208 g/mol. The fraction of sp³-hybridized carbons (Fsp3) is 0.636. The molecule has 0 spiro atoms. The van der Waals surface area contributed by atoms with E-state index in [0.29, 0.717) is 18.5 Å². The zero-order chi connectivity index (χ0) is 11.3. The number of hydrogen-bond acceptors (Lipinski definition) is 3. The smallest absolute Gasteiger partial charge is 0.164 e. The van der Waals surface area contributed by atoms with E-state index in [1.807, 2.05) is 13.0 Å². The summed E-state index contributed by atoms with van der Waals surface area (Å²) in [5.41, 5.74) is 0. The lowest BCUT2D eigenvalue weighted by Gasteiger charge is -2.19. The lowest BCUT2D eigenvalue weighted by atomic mass is 10.00. The Kier molecular flexibility index (Phi) is 4.49. The van der Waals surface area contributed by atoms with Gasteiger partial charge >= 0.3 is 0 Å². The van der Waals surface area contributed by atoms with Crippen LogP contribution in [0.4, 0.5) is 0 Å². The summed E-state index contributed by atoms with van der Waals surface area (Å²) >= 11 is 0.